The van der Waals surface area contributed by atoms with Crippen LogP contribution < -0.4 is 5.32 Å². The third kappa shape index (κ3) is 7.19. The van der Waals surface area contributed by atoms with Crippen molar-refractivity contribution in [2.45, 2.75) is 68.4 Å². The van der Waals surface area contributed by atoms with Gasteiger partial charge in [-0.25, -0.2) is 9.31 Å². The molecule has 2 aliphatic rings. The van der Waals surface area contributed by atoms with Crippen molar-refractivity contribution in [3.8, 4) is 0 Å². The summed E-state index contributed by atoms with van der Waals surface area (Å²) in [6.07, 6.45) is -0.967. The number of esters is 1. The molecule has 15 nitrogen and oxygen atoms in total. The molecule has 230 valence electrons. The normalized spacial score (nSPS) is 25.0. The number of anilines is 1. The third-order valence-corrected chi connectivity index (χ3v) is 8.74. The molecule has 2 aromatic rings. The summed E-state index contributed by atoms with van der Waals surface area (Å²) >= 11 is 6.21. The second kappa shape index (κ2) is 13.6. The van der Waals surface area contributed by atoms with Gasteiger partial charge in [0.05, 0.1) is 32.1 Å². The van der Waals surface area contributed by atoms with Crippen LogP contribution in [-0.4, -0.2) is 110 Å². The highest BCUT2D eigenvalue weighted by atomic mass is 35.5. The maximum atomic E-state index is 12.5. The van der Waals surface area contributed by atoms with E-state index in [1.807, 2.05) is 0 Å². The molecule has 1 aliphatic heterocycles. The second-order valence-electron chi connectivity index (χ2n) is 10.0. The average Bonchev–Trinajstić information content (AvgIpc) is 3.63. The molecule has 1 saturated heterocycles. The lowest BCUT2D eigenvalue weighted by Crippen LogP contribution is -2.46. The lowest BCUT2D eigenvalue weighted by Gasteiger charge is -2.34. The van der Waals surface area contributed by atoms with Gasteiger partial charge in [-0.15, -0.1) is 5.10 Å². The number of nitrogens with one attached hydrogen (secondary N) is 1. The van der Waals surface area contributed by atoms with E-state index >= 15 is 0 Å². The van der Waals surface area contributed by atoms with Gasteiger partial charge in [0.1, 0.15) is 36.5 Å². The van der Waals surface area contributed by atoms with Gasteiger partial charge in [0, 0.05) is 13.2 Å². The van der Waals surface area contributed by atoms with Crippen molar-refractivity contribution in [2.75, 3.05) is 45.5 Å². The van der Waals surface area contributed by atoms with Gasteiger partial charge in [0.25, 0.3) is 0 Å². The molecule has 2 fully saturated rings. The zero-order valence-electron chi connectivity index (χ0n) is 22.7. The molecule has 0 aromatic carbocycles. The largest absolute Gasteiger partial charge is 0.464 e. The number of halogens is 1. The summed E-state index contributed by atoms with van der Waals surface area (Å²) in [7, 11) is -3.87. The van der Waals surface area contributed by atoms with Crippen LogP contribution >= 0.6 is 19.2 Å². The highest BCUT2D eigenvalue weighted by Crippen LogP contribution is 2.52. The van der Waals surface area contributed by atoms with E-state index in [0.29, 0.717) is 17.0 Å². The summed E-state index contributed by atoms with van der Waals surface area (Å²) in [5.41, 5.74) is 0.976. The fraction of sp³-hybridized carbons (Fsp3) is 0.708. The Bertz CT molecular complexity index is 1240. The minimum Gasteiger partial charge on any atom is -0.464 e. The lowest BCUT2D eigenvalue weighted by molar-refractivity contribution is -0.155. The Labute approximate surface area is 241 Å². The first-order valence-electron chi connectivity index (χ1n) is 13.2. The van der Waals surface area contributed by atoms with Crippen molar-refractivity contribution in [3.05, 3.63) is 23.1 Å². The maximum absolute atomic E-state index is 12.5. The zero-order chi connectivity index (χ0) is 29.8. The summed E-state index contributed by atoms with van der Waals surface area (Å²) in [6.45, 7) is -0.757. The molecule has 0 unspecified atom stereocenters. The summed E-state index contributed by atoms with van der Waals surface area (Å²) in [5.74, 6) is -0.195. The number of aliphatic hydroxyl groups excluding tert-OH is 2. The van der Waals surface area contributed by atoms with E-state index in [9.17, 15) is 29.4 Å². The van der Waals surface area contributed by atoms with Gasteiger partial charge in [0.2, 0.25) is 10.6 Å². The Morgan fingerprint density at radius 2 is 1.98 bits per heavy atom. The lowest BCUT2D eigenvalue weighted by atomic mass is 10.1. The molecule has 1 aliphatic carbocycles. The molecule has 4 rings (SSSR count). The van der Waals surface area contributed by atoms with E-state index < -0.39 is 69.8 Å². The Morgan fingerprint density at radius 1 is 1.24 bits per heavy atom. The number of hydrogen-bond acceptors (Lipinski definition) is 12. The number of carbonyl (C=O) groups is 1. The van der Waals surface area contributed by atoms with Crippen molar-refractivity contribution < 1.29 is 53.0 Å². The number of carbonyl (C=O) groups excluding carboxylic acids is 1. The molecule has 0 amide bonds. The topological polar surface area (TPSA) is 203 Å². The SMILES string of the molecule is CCOC(=O)COC[C@@](COC)(OC[C@H]1O[C@@H](c2ccc3c(NC4CCCC4)nc(Cl)nn23)[C@H](O)[C@@H]1O)P(=O)(O)O. The number of methoxy groups -OCH3 is 1. The molecule has 17 heteroatoms. The first kappa shape index (κ1) is 32.0. The molecule has 3 heterocycles. The number of fused-ring (bicyclic) bond motifs is 1. The van der Waals surface area contributed by atoms with Crippen molar-refractivity contribution in [1.82, 2.24) is 14.6 Å². The van der Waals surface area contributed by atoms with Crippen LogP contribution in [-0.2, 0) is 33.0 Å². The van der Waals surface area contributed by atoms with E-state index in [0.717, 1.165) is 25.7 Å². The van der Waals surface area contributed by atoms with E-state index in [2.05, 4.69) is 15.4 Å². The predicted octanol–water partition coefficient (Wildman–Crippen LogP) is 1.02. The first-order chi connectivity index (χ1) is 19.5. The minimum atomic E-state index is -5.08. The molecular weight excluding hydrogens is 587 g/mol. The quantitative estimate of drug-likeness (QED) is 0.147. The maximum Gasteiger partial charge on any atom is 0.361 e. The fourth-order valence-electron chi connectivity index (χ4n) is 5.04. The standard InChI is InChI=1S/C24H36ClN4O11P/c1-3-38-18(30)11-37-13-24(12-36-2,41(33,34)35)39-10-17-19(31)20(32)21(40-17)15-8-9-16-22(26-14-6-4-5-7-14)27-23(25)28-29(15)16/h8-9,14,17,19-21,31-32H,3-7,10-13H2,1-2H3,(H,26,27,28)(H2,33,34,35)/t17-,19-,20-,21+,24+/m1/s1. The molecule has 5 N–H and O–H groups in total. The first-order valence-corrected chi connectivity index (χ1v) is 15.2. The molecule has 0 spiro atoms. The second-order valence-corrected chi connectivity index (χ2v) is 12.3. The molecule has 2 aromatic heterocycles. The molecule has 5 atom stereocenters. The Morgan fingerprint density at radius 3 is 2.63 bits per heavy atom. The predicted molar refractivity (Wildman–Crippen MR) is 144 cm³/mol. The smallest absolute Gasteiger partial charge is 0.361 e. The van der Waals surface area contributed by atoms with Crippen LogP contribution in [0.3, 0.4) is 0 Å². The van der Waals surface area contributed by atoms with Gasteiger partial charge < -0.3 is 49.0 Å². The van der Waals surface area contributed by atoms with Gasteiger partial charge in [0.15, 0.2) is 5.82 Å². The van der Waals surface area contributed by atoms with Crippen LogP contribution in [0.5, 0.6) is 0 Å². The highest BCUT2D eigenvalue weighted by molar-refractivity contribution is 7.53. The van der Waals surface area contributed by atoms with E-state index in [1.165, 1.54) is 11.6 Å². The zero-order valence-corrected chi connectivity index (χ0v) is 24.4. The van der Waals surface area contributed by atoms with Crippen molar-refractivity contribution >= 4 is 36.5 Å². The molecular formula is C24H36ClN4O11P. The Kier molecular flexibility index (Phi) is 10.6. The van der Waals surface area contributed by atoms with Crippen LogP contribution in [0.2, 0.25) is 5.28 Å². The van der Waals surface area contributed by atoms with E-state index in [1.54, 1.807) is 19.1 Å². The summed E-state index contributed by atoms with van der Waals surface area (Å²) < 4.78 is 40.5. The summed E-state index contributed by atoms with van der Waals surface area (Å²) in [5, 5.41) is 27.0. The number of ether oxygens (including phenoxy) is 5. The van der Waals surface area contributed by atoms with Crippen LogP contribution in [0, 0.1) is 0 Å². The summed E-state index contributed by atoms with van der Waals surface area (Å²) in [6, 6.07) is 3.66. The monoisotopic (exact) mass is 622 g/mol. The van der Waals surface area contributed by atoms with Crippen LogP contribution in [0.15, 0.2) is 12.1 Å². The molecule has 41 heavy (non-hydrogen) atoms. The fourth-order valence-corrected chi connectivity index (χ4v) is 6.00. The molecule has 1 saturated carbocycles. The number of aromatic nitrogens is 3. The van der Waals surface area contributed by atoms with Gasteiger partial charge in [-0.05, 0) is 43.5 Å². The van der Waals surface area contributed by atoms with Gasteiger partial charge >= 0.3 is 13.6 Å². The Hall–Kier alpha value is -1.91. The average molecular weight is 623 g/mol. The van der Waals surface area contributed by atoms with Crippen LogP contribution in [0.25, 0.3) is 5.52 Å². The molecule has 0 bridgehead atoms. The van der Waals surface area contributed by atoms with E-state index in [4.69, 9.17) is 35.3 Å². The van der Waals surface area contributed by atoms with Crippen molar-refractivity contribution in [3.63, 3.8) is 0 Å². The minimum absolute atomic E-state index is 0.0304. The number of rotatable bonds is 14. The van der Waals surface area contributed by atoms with Crippen molar-refractivity contribution in [2.24, 2.45) is 0 Å². The van der Waals surface area contributed by atoms with Gasteiger partial charge in [-0.3, -0.25) is 4.57 Å². The van der Waals surface area contributed by atoms with E-state index in [-0.39, 0.29) is 17.9 Å². The third-order valence-electron chi connectivity index (χ3n) is 7.13. The molecule has 0 radical (unpaired) electrons. The number of aliphatic hydroxyl groups is 2. The summed E-state index contributed by atoms with van der Waals surface area (Å²) in [4.78, 5) is 36.2. The van der Waals surface area contributed by atoms with Gasteiger partial charge in [-0.1, -0.05) is 12.8 Å². The Balaban J connectivity index is 1.51. The number of hydrogen-bond donors (Lipinski definition) is 5. The number of nitrogens with zero attached hydrogens (tertiary/aromatic N) is 3. The van der Waals surface area contributed by atoms with Crippen molar-refractivity contribution in [1.29, 1.82) is 0 Å². The van der Waals surface area contributed by atoms with Crippen LogP contribution in [0.1, 0.15) is 44.4 Å². The highest BCUT2D eigenvalue weighted by Gasteiger charge is 2.52. The van der Waals surface area contributed by atoms with Gasteiger partial charge in [-0.2, -0.15) is 4.98 Å². The van der Waals surface area contributed by atoms with Crippen LogP contribution in [0.4, 0.5) is 5.82 Å².